The fourth-order valence-corrected chi connectivity index (χ4v) is 1.84. The number of hydrogen-bond acceptors (Lipinski definition) is 5. The van der Waals surface area contributed by atoms with E-state index >= 15 is 0 Å². The Morgan fingerprint density at radius 1 is 1.39 bits per heavy atom. The van der Waals surface area contributed by atoms with Crippen LogP contribution in [0.15, 0.2) is 23.7 Å². The molecular weight excluding hydrogens is 252 g/mol. The average Bonchev–Trinajstić information content (AvgIpc) is 2.82. The van der Waals surface area contributed by atoms with Crippen LogP contribution in [0, 0.1) is 6.92 Å². The summed E-state index contributed by atoms with van der Waals surface area (Å²) in [4.78, 5) is 11.7. The summed E-state index contributed by atoms with van der Waals surface area (Å²) in [6.07, 6.45) is 0. The van der Waals surface area contributed by atoms with Gasteiger partial charge in [0.2, 0.25) is 5.13 Å². The van der Waals surface area contributed by atoms with Crippen molar-refractivity contribution in [2.24, 2.45) is 0 Å². The number of aryl methyl sites for hydroxylation is 1. The number of benzene rings is 1. The number of methoxy groups -OCH3 is 1. The maximum absolute atomic E-state index is 11.7. The van der Waals surface area contributed by atoms with Crippen LogP contribution >= 0.6 is 11.3 Å². The summed E-state index contributed by atoms with van der Waals surface area (Å²) in [5, 5.41) is 13.1. The van der Waals surface area contributed by atoms with E-state index in [4.69, 9.17) is 4.74 Å². The molecule has 0 saturated carbocycles. The van der Waals surface area contributed by atoms with Crippen LogP contribution in [0.4, 0.5) is 15.6 Å². The van der Waals surface area contributed by atoms with Crippen LogP contribution in [0.5, 0.6) is 5.75 Å². The van der Waals surface area contributed by atoms with Crippen molar-refractivity contribution in [3.63, 3.8) is 0 Å². The number of carbonyl (C=O) groups excluding carboxylic acids is 1. The molecule has 94 valence electrons. The van der Waals surface area contributed by atoms with Gasteiger partial charge in [0.15, 0.2) is 0 Å². The molecular formula is C11H12N4O2S. The van der Waals surface area contributed by atoms with Crippen molar-refractivity contribution in [3.05, 3.63) is 29.3 Å². The molecule has 2 rings (SSSR count). The lowest BCUT2D eigenvalue weighted by Crippen LogP contribution is -2.19. The Bertz CT molecular complexity index is 542. The molecule has 2 amide bonds. The van der Waals surface area contributed by atoms with Gasteiger partial charge in [0.05, 0.1) is 12.8 Å². The number of carbonyl (C=O) groups is 1. The maximum atomic E-state index is 11.7. The summed E-state index contributed by atoms with van der Waals surface area (Å²) in [6, 6.07) is 5.16. The van der Waals surface area contributed by atoms with Gasteiger partial charge in [0.25, 0.3) is 0 Å². The number of anilines is 2. The normalized spacial score (nSPS) is 9.89. The zero-order valence-electron chi connectivity index (χ0n) is 9.93. The minimum Gasteiger partial charge on any atom is -0.495 e. The zero-order chi connectivity index (χ0) is 13.0. The second-order valence-electron chi connectivity index (χ2n) is 3.53. The molecule has 0 atom stereocenters. The van der Waals surface area contributed by atoms with E-state index in [0.717, 1.165) is 5.56 Å². The number of rotatable bonds is 3. The lowest BCUT2D eigenvalue weighted by atomic mass is 10.2. The monoisotopic (exact) mass is 264 g/mol. The topological polar surface area (TPSA) is 76.1 Å². The van der Waals surface area contributed by atoms with E-state index in [1.807, 2.05) is 19.1 Å². The molecule has 0 spiro atoms. The highest BCUT2D eigenvalue weighted by Gasteiger charge is 2.08. The van der Waals surface area contributed by atoms with Crippen molar-refractivity contribution >= 4 is 28.2 Å². The van der Waals surface area contributed by atoms with Crippen molar-refractivity contribution < 1.29 is 9.53 Å². The Balaban J connectivity index is 2.08. The van der Waals surface area contributed by atoms with Crippen LogP contribution in [0.1, 0.15) is 5.56 Å². The third-order valence-electron chi connectivity index (χ3n) is 2.18. The Labute approximate surface area is 108 Å². The quantitative estimate of drug-likeness (QED) is 0.893. The van der Waals surface area contributed by atoms with Gasteiger partial charge in [-0.25, -0.2) is 4.79 Å². The molecule has 6 nitrogen and oxygen atoms in total. The number of nitrogens with zero attached hydrogens (tertiary/aromatic N) is 2. The van der Waals surface area contributed by atoms with E-state index in [1.165, 1.54) is 11.3 Å². The highest BCUT2D eigenvalue weighted by molar-refractivity contribution is 7.13. The molecule has 1 heterocycles. The first-order valence-electron chi connectivity index (χ1n) is 5.18. The standard InChI is InChI=1S/C11H12N4O2S/c1-7-3-4-9(17-2)8(5-7)13-10(16)14-11-15-12-6-18-11/h3-6H,1-2H3,(H2,13,14,15,16). The van der Waals surface area contributed by atoms with E-state index < -0.39 is 0 Å². The maximum Gasteiger partial charge on any atom is 0.325 e. The second kappa shape index (κ2) is 5.46. The van der Waals surface area contributed by atoms with Gasteiger partial charge in [-0.05, 0) is 24.6 Å². The van der Waals surface area contributed by atoms with Crippen molar-refractivity contribution in [1.82, 2.24) is 10.2 Å². The van der Waals surface area contributed by atoms with E-state index in [0.29, 0.717) is 16.6 Å². The predicted octanol–water partition coefficient (Wildman–Crippen LogP) is 2.50. The zero-order valence-corrected chi connectivity index (χ0v) is 10.7. The van der Waals surface area contributed by atoms with Crippen LogP contribution in [0.2, 0.25) is 0 Å². The molecule has 0 aliphatic rings. The van der Waals surface area contributed by atoms with Gasteiger partial charge < -0.3 is 10.1 Å². The fraction of sp³-hybridized carbons (Fsp3) is 0.182. The van der Waals surface area contributed by atoms with Gasteiger partial charge in [0, 0.05) is 0 Å². The summed E-state index contributed by atoms with van der Waals surface area (Å²) in [7, 11) is 1.55. The molecule has 0 saturated heterocycles. The molecule has 0 fully saturated rings. The van der Waals surface area contributed by atoms with Gasteiger partial charge in [-0.15, -0.1) is 10.2 Å². The van der Waals surface area contributed by atoms with Gasteiger partial charge in [-0.2, -0.15) is 0 Å². The number of nitrogens with one attached hydrogen (secondary N) is 2. The van der Waals surface area contributed by atoms with Gasteiger partial charge >= 0.3 is 6.03 Å². The smallest absolute Gasteiger partial charge is 0.325 e. The highest BCUT2D eigenvalue weighted by atomic mass is 32.1. The first-order chi connectivity index (χ1) is 8.69. The first-order valence-corrected chi connectivity index (χ1v) is 6.06. The molecule has 0 aliphatic heterocycles. The third-order valence-corrected chi connectivity index (χ3v) is 2.79. The van der Waals surface area contributed by atoms with Crippen LogP contribution in [0.3, 0.4) is 0 Å². The molecule has 1 aromatic heterocycles. The Hall–Kier alpha value is -2.15. The molecule has 7 heteroatoms. The molecule has 18 heavy (non-hydrogen) atoms. The van der Waals surface area contributed by atoms with Crippen LogP contribution in [0.25, 0.3) is 0 Å². The predicted molar refractivity (Wildman–Crippen MR) is 70.3 cm³/mol. The summed E-state index contributed by atoms with van der Waals surface area (Å²) in [5.41, 5.74) is 3.18. The van der Waals surface area contributed by atoms with E-state index in [9.17, 15) is 4.79 Å². The molecule has 2 N–H and O–H groups in total. The number of aromatic nitrogens is 2. The lowest BCUT2D eigenvalue weighted by molar-refractivity contribution is 0.262. The average molecular weight is 264 g/mol. The molecule has 0 bridgehead atoms. The fourth-order valence-electron chi connectivity index (χ4n) is 1.40. The molecule has 0 unspecified atom stereocenters. The summed E-state index contributed by atoms with van der Waals surface area (Å²) < 4.78 is 5.17. The Morgan fingerprint density at radius 3 is 2.89 bits per heavy atom. The molecule has 0 radical (unpaired) electrons. The minimum absolute atomic E-state index is 0.379. The number of hydrogen-bond donors (Lipinski definition) is 2. The van der Waals surface area contributed by atoms with Gasteiger partial charge in [-0.1, -0.05) is 17.4 Å². The van der Waals surface area contributed by atoms with Gasteiger partial charge in [-0.3, -0.25) is 5.32 Å². The molecule has 1 aromatic carbocycles. The number of amides is 2. The van der Waals surface area contributed by atoms with Gasteiger partial charge in [0.1, 0.15) is 11.3 Å². The minimum atomic E-state index is -0.379. The van der Waals surface area contributed by atoms with E-state index in [2.05, 4.69) is 20.8 Å². The van der Waals surface area contributed by atoms with Crippen molar-refractivity contribution in [1.29, 1.82) is 0 Å². The van der Waals surface area contributed by atoms with Crippen molar-refractivity contribution in [2.75, 3.05) is 17.7 Å². The van der Waals surface area contributed by atoms with Crippen LogP contribution < -0.4 is 15.4 Å². The first kappa shape index (κ1) is 12.3. The highest BCUT2D eigenvalue weighted by Crippen LogP contribution is 2.25. The number of urea groups is 1. The Morgan fingerprint density at radius 2 is 2.22 bits per heavy atom. The largest absolute Gasteiger partial charge is 0.495 e. The SMILES string of the molecule is COc1ccc(C)cc1NC(=O)Nc1nncs1. The Kier molecular flexibility index (Phi) is 3.73. The van der Waals surface area contributed by atoms with E-state index in [1.54, 1.807) is 18.7 Å². The number of ether oxygens (including phenoxy) is 1. The molecule has 2 aromatic rings. The summed E-state index contributed by atoms with van der Waals surface area (Å²) in [5.74, 6) is 0.605. The van der Waals surface area contributed by atoms with Crippen molar-refractivity contribution in [2.45, 2.75) is 6.92 Å². The molecule has 0 aliphatic carbocycles. The lowest BCUT2D eigenvalue weighted by Gasteiger charge is -2.10. The summed E-state index contributed by atoms with van der Waals surface area (Å²) in [6.45, 7) is 1.94. The third kappa shape index (κ3) is 2.95. The van der Waals surface area contributed by atoms with E-state index in [-0.39, 0.29) is 6.03 Å². The van der Waals surface area contributed by atoms with Crippen molar-refractivity contribution in [3.8, 4) is 5.75 Å². The van der Waals surface area contributed by atoms with Crippen LogP contribution in [-0.2, 0) is 0 Å². The second-order valence-corrected chi connectivity index (χ2v) is 4.36. The summed E-state index contributed by atoms with van der Waals surface area (Å²) >= 11 is 1.25. The van der Waals surface area contributed by atoms with Crippen LogP contribution in [-0.4, -0.2) is 23.3 Å².